The van der Waals surface area contributed by atoms with Gasteiger partial charge in [0, 0.05) is 6.07 Å². The van der Waals surface area contributed by atoms with Crippen LogP contribution in [0.3, 0.4) is 0 Å². The molecule has 4 heteroatoms. The molecule has 0 bridgehead atoms. The standard InChI is InChI=1S/C14H19N3O/c1-2-9-5-6-15-13(7-9)14-16-11-4-3-10(18)8-12(11)17-14/h3-4,8-9,13,15,18H,2,5-7H2,1H3,(H,16,17). The third-order valence-electron chi connectivity index (χ3n) is 3.90. The lowest BCUT2D eigenvalue weighted by Crippen LogP contribution is -2.32. The van der Waals surface area contributed by atoms with Crippen molar-refractivity contribution in [3.05, 3.63) is 24.0 Å². The topological polar surface area (TPSA) is 60.9 Å². The smallest absolute Gasteiger partial charge is 0.124 e. The average Bonchev–Trinajstić information content (AvgIpc) is 2.81. The van der Waals surface area contributed by atoms with Gasteiger partial charge in [-0.15, -0.1) is 0 Å². The van der Waals surface area contributed by atoms with E-state index in [-0.39, 0.29) is 5.75 Å². The first-order chi connectivity index (χ1) is 8.76. The van der Waals surface area contributed by atoms with Crippen molar-refractivity contribution in [3.63, 3.8) is 0 Å². The quantitative estimate of drug-likeness (QED) is 0.762. The third kappa shape index (κ3) is 2.08. The number of benzene rings is 1. The molecule has 0 saturated carbocycles. The fourth-order valence-corrected chi connectivity index (χ4v) is 2.76. The molecule has 1 saturated heterocycles. The molecule has 1 aromatic carbocycles. The van der Waals surface area contributed by atoms with Crippen LogP contribution in [-0.4, -0.2) is 21.6 Å². The lowest BCUT2D eigenvalue weighted by Gasteiger charge is -2.28. The second kappa shape index (κ2) is 4.61. The van der Waals surface area contributed by atoms with Gasteiger partial charge in [0.25, 0.3) is 0 Å². The number of nitrogens with one attached hydrogen (secondary N) is 2. The van der Waals surface area contributed by atoms with Crippen LogP contribution in [0.5, 0.6) is 5.75 Å². The molecule has 2 unspecified atom stereocenters. The molecular weight excluding hydrogens is 226 g/mol. The van der Waals surface area contributed by atoms with Gasteiger partial charge in [-0.1, -0.05) is 13.3 Å². The van der Waals surface area contributed by atoms with Crippen LogP contribution in [0.2, 0.25) is 0 Å². The summed E-state index contributed by atoms with van der Waals surface area (Å²) in [7, 11) is 0. The predicted octanol–water partition coefficient (Wildman–Crippen LogP) is 2.72. The minimum absolute atomic E-state index is 0.278. The zero-order valence-corrected chi connectivity index (χ0v) is 10.6. The van der Waals surface area contributed by atoms with Gasteiger partial charge >= 0.3 is 0 Å². The number of imidazole rings is 1. The molecule has 0 amide bonds. The second-order valence-corrected chi connectivity index (χ2v) is 5.13. The molecule has 3 N–H and O–H groups in total. The van der Waals surface area contributed by atoms with E-state index >= 15 is 0 Å². The summed E-state index contributed by atoms with van der Waals surface area (Å²) in [5.41, 5.74) is 1.83. The number of rotatable bonds is 2. The van der Waals surface area contributed by atoms with Crippen LogP contribution >= 0.6 is 0 Å². The first-order valence-electron chi connectivity index (χ1n) is 6.68. The highest BCUT2D eigenvalue weighted by molar-refractivity contribution is 5.76. The van der Waals surface area contributed by atoms with Crippen LogP contribution in [0.15, 0.2) is 18.2 Å². The number of phenols is 1. The summed E-state index contributed by atoms with van der Waals surface area (Å²) >= 11 is 0. The molecule has 1 aromatic heterocycles. The largest absolute Gasteiger partial charge is 0.508 e. The van der Waals surface area contributed by atoms with Crippen LogP contribution in [-0.2, 0) is 0 Å². The predicted molar refractivity (Wildman–Crippen MR) is 71.5 cm³/mol. The maximum atomic E-state index is 9.47. The molecule has 1 aliphatic rings. The summed E-state index contributed by atoms with van der Waals surface area (Å²) < 4.78 is 0. The van der Waals surface area contributed by atoms with Crippen molar-refractivity contribution in [3.8, 4) is 5.75 Å². The van der Waals surface area contributed by atoms with Crippen LogP contribution in [0.4, 0.5) is 0 Å². The van der Waals surface area contributed by atoms with Crippen molar-refractivity contribution >= 4 is 11.0 Å². The van der Waals surface area contributed by atoms with Crippen LogP contribution in [0, 0.1) is 5.92 Å². The van der Waals surface area contributed by atoms with E-state index in [1.54, 1.807) is 12.1 Å². The molecule has 4 nitrogen and oxygen atoms in total. The van der Waals surface area contributed by atoms with E-state index in [2.05, 4.69) is 22.2 Å². The molecule has 1 fully saturated rings. The van der Waals surface area contributed by atoms with Gasteiger partial charge in [0.1, 0.15) is 11.6 Å². The number of aromatic nitrogens is 2. The number of piperidine rings is 1. The van der Waals surface area contributed by atoms with Crippen molar-refractivity contribution < 1.29 is 5.11 Å². The number of hydrogen-bond donors (Lipinski definition) is 3. The van der Waals surface area contributed by atoms with E-state index in [0.717, 1.165) is 35.7 Å². The number of aromatic amines is 1. The Morgan fingerprint density at radius 3 is 3.17 bits per heavy atom. The molecule has 3 rings (SSSR count). The summed E-state index contributed by atoms with van der Waals surface area (Å²) in [5.74, 6) is 2.06. The summed E-state index contributed by atoms with van der Waals surface area (Å²) in [4.78, 5) is 7.93. The Labute approximate surface area is 106 Å². The monoisotopic (exact) mass is 245 g/mol. The fourth-order valence-electron chi connectivity index (χ4n) is 2.76. The number of H-pyrrole nitrogens is 1. The SMILES string of the molecule is CCC1CCNC(c2nc3ccc(O)cc3[nH]2)C1. The Kier molecular flexibility index (Phi) is 2.96. The summed E-state index contributed by atoms with van der Waals surface area (Å²) in [6, 6.07) is 5.57. The number of phenolic OH excluding ortho intramolecular Hbond substituents is 1. The molecule has 2 aromatic rings. The van der Waals surface area contributed by atoms with Gasteiger partial charge in [0.2, 0.25) is 0 Å². The zero-order valence-electron chi connectivity index (χ0n) is 10.6. The minimum atomic E-state index is 0.278. The van der Waals surface area contributed by atoms with Crippen LogP contribution in [0.1, 0.15) is 38.1 Å². The van der Waals surface area contributed by atoms with Gasteiger partial charge in [-0.3, -0.25) is 0 Å². The molecule has 0 aliphatic carbocycles. The van der Waals surface area contributed by atoms with Gasteiger partial charge in [0.15, 0.2) is 0 Å². The summed E-state index contributed by atoms with van der Waals surface area (Å²) in [6.45, 7) is 3.31. The maximum Gasteiger partial charge on any atom is 0.124 e. The molecular formula is C14H19N3O. The fraction of sp³-hybridized carbons (Fsp3) is 0.500. The number of nitrogens with zero attached hydrogens (tertiary/aromatic N) is 1. The number of aromatic hydroxyl groups is 1. The Balaban J connectivity index is 1.89. The Bertz CT molecular complexity index is 549. The van der Waals surface area contributed by atoms with Crippen molar-refractivity contribution in [1.82, 2.24) is 15.3 Å². The summed E-state index contributed by atoms with van der Waals surface area (Å²) in [5, 5.41) is 13.0. The minimum Gasteiger partial charge on any atom is -0.508 e. The van der Waals surface area contributed by atoms with Crippen molar-refractivity contribution in [2.24, 2.45) is 5.92 Å². The van der Waals surface area contributed by atoms with Gasteiger partial charge in [-0.2, -0.15) is 0 Å². The zero-order chi connectivity index (χ0) is 12.5. The van der Waals surface area contributed by atoms with Crippen LogP contribution in [0.25, 0.3) is 11.0 Å². The molecule has 18 heavy (non-hydrogen) atoms. The Morgan fingerprint density at radius 1 is 1.44 bits per heavy atom. The lowest BCUT2D eigenvalue weighted by atomic mass is 9.90. The normalized spacial score (nSPS) is 24.5. The first-order valence-corrected chi connectivity index (χ1v) is 6.68. The Hall–Kier alpha value is -1.55. The lowest BCUT2D eigenvalue weighted by molar-refractivity contribution is 0.292. The average molecular weight is 245 g/mol. The highest BCUT2D eigenvalue weighted by atomic mass is 16.3. The molecule has 2 atom stereocenters. The van der Waals surface area contributed by atoms with Crippen molar-refractivity contribution in [2.45, 2.75) is 32.2 Å². The van der Waals surface area contributed by atoms with E-state index in [4.69, 9.17) is 0 Å². The van der Waals surface area contributed by atoms with Gasteiger partial charge in [-0.25, -0.2) is 4.98 Å². The maximum absolute atomic E-state index is 9.47. The van der Waals surface area contributed by atoms with Gasteiger partial charge in [-0.05, 0) is 37.4 Å². The van der Waals surface area contributed by atoms with E-state index in [1.165, 1.54) is 12.8 Å². The van der Waals surface area contributed by atoms with Crippen LogP contribution < -0.4 is 5.32 Å². The second-order valence-electron chi connectivity index (χ2n) is 5.13. The molecule has 0 radical (unpaired) electrons. The van der Waals surface area contributed by atoms with Gasteiger partial charge in [0.05, 0.1) is 17.1 Å². The number of fused-ring (bicyclic) bond motifs is 1. The number of hydrogen-bond acceptors (Lipinski definition) is 3. The highest BCUT2D eigenvalue weighted by Gasteiger charge is 2.23. The van der Waals surface area contributed by atoms with Gasteiger partial charge < -0.3 is 15.4 Å². The van der Waals surface area contributed by atoms with E-state index in [1.807, 2.05) is 6.07 Å². The van der Waals surface area contributed by atoms with Crippen molar-refractivity contribution in [1.29, 1.82) is 0 Å². The van der Waals surface area contributed by atoms with E-state index in [0.29, 0.717) is 6.04 Å². The van der Waals surface area contributed by atoms with E-state index in [9.17, 15) is 5.11 Å². The summed E-state index contributed by atoms with van der Waals surface area (Å²) in [6.07, 6.45) is 3.63. The van der Waals surface area contributed by atoms with E-state index < -0.39 is 0 Å². The molecule has 2 heterocycles. The molecule has 96 valence electrons. The third-order valence-corrected chi connectivity index (χ3v) is 3.90. The Morgan fingerprint density at radius 2 is 2.33 bits per heavy atom. The molecule has 0 spiro atoms. The van der Waals surface area contributed by atoms with Crippen molar-refractivity contribution in [2.75, 3.05) is 6.54 Å². The highest BCUT2D eigenvalue weighted by Crippen LogP contribution is 2.29. The molecule has 1 aliphatic heterocycles. The first kappa shape index (κ1) is 11.5.